The normalized spacial score (nSPS) is 19.6. The SMILES string of the molecule is O=C1CC[C@H](N2Cc3cc(N4CCN(CCCC(=O)N5CCC[C@@H](Nc6ncnc7[nH]cc(C(=O)c8ccc(Oc9ccccc9)cc8Cl)c67)C5)CC4)ccc3C2=O)C(=O)N1. The van der Waals surface area contributed by atoms with Gasteiger partial charge in [0.25, 0.3) is 5.91 Å². The van der Waals surface area contributed by atoms with Gasteiger partial charge < -0.3 is 29.7 Å². The highest BCUT2D eigenvalue weighted by molar-refractivity contribution is 6.35. The number of hydrogen-bond acceptors (Lipinski definition) is 11. The highest BCUT2D eigenvalue weighted by atomic mass is 35.5. The van der Waals surface area contributed by atoms with Crippen molar-refractivity contribution in [1.82, 2.24) is 35.0 Å². The van der Waals surface area contributed by atoms with Gasteiger partial charge in [0.15, 0.2) is 5.78 Å². The Kier molecular flexibility index (Phi) is 11.4. The minimum Gasteiger partial charge on any atom is -0.457 e. The number of H-pyrrole nitrogens is 1. The van der Waals surface area contributed by atoms with Crippen molar-refractivity contribution >= 4 is 63.6 Å². The molecule has 0 unspecified atom stereocenters. The van der Waals surface area contributed by atoms with Crippen LogP contribution in [0.5, 0.6) is 11.5 Å². The molecule has 3 fully saturated rings. The number of aromatic amines is 1. The van der Waals surface area contributed by atoms with Gasteiger partial charge in [0.1, 0.15) is 35.3 Å². The van der Waals surface area contributed by atoms with Crippen LogP contribution in [0.4, 0.5) is 11.5 Å². The fourth-order valence-corrected chi connectivity index (χ4v) is 9.13. The molecule has 0 bridgehead atoms. The molecule has 0 spiro atoms. The van der Waals surface area contributed by atoms with Crippen LogP contribution in [-0.2, 0) is 20.9 Å². The van der Waals surface area contributed by atoms with Crippen molar-refractivity contribution in [2.45, 2.75) is 57.2 Å². The molecular formula is C45H46ClN9O6. The molecule has 9 rings (SSSR count). The van der Waals surface area contributed by atoms with E-state index in [2.05, 4.69) is 41.5 Å². The summed E-state index contributed by atoms with van der Waals surface area (Å²) in [6.45, 7) is 5.78. The molecule has 0 aliphatic carbocycles. The molecule has 2 atom stereocenters. The summed E-state index contributed by atoms with van der Waals surface area (Å²) in [5, 5.41) is 6.72. The van der Waals surface area contributed by atoms with Gasteiger partial charge in [-0.05, 0) is 80.3 Å². The van der Waals surface area contributed by atoms with E-state index in [9.17, 15) is 24.0 Å². The number of piperazine rings is 1. The highest BCUT2D eigenvalue weighted by Crippen LogP contribution is 2.33. The molecule has 15 nitrogen and oxygen atoms in total. The predicted molar refractivity (Wildman–Crippen MR) is 229 cm³/mol. The zero-order valence-electron chi connectivity index (χ0n) is 33.6. The molecule has 4 amide bonds. The molecular weight excluding hydrogens is 798 g/mol. The standard InChI is InChI=1S/C45H46ClN9O6/c46-36-23-32(61-31-7-2-1-3-8-31)11-13-34(36)41(58)35-24-47-42-40(35)43(49-27-48-42)50-29-6-4-17-54(26-29)39(57)9-5-16-52-18-20-53(21-19-52)30-10-12-33-28(22-30)25-55(45(33)60)37-14-15-38(56)51-44(37)59/h1-3,7-8,10-13,22-24,27,29,37H,4-6,9,14-21,25-26H2,(H,51,56,59)(H2,47,48,49,50)/t29-,37+/m1/s1. The Morgan fingerprint density at radius 3 is 2.54 bits per heavy atom. The maximum atomic E-state index is 13.9. The molecule has 6 heterocycles. The number of imide groups is 1. The van der Waals surface area contributed by atoms with Gasteiger partial charge in [-0.25, -0.2) is 9.97 Å². The van der Waals surface area contributed by atoms with E-state index >= 15 is 0 Å². The van der Waals surface area contributed by atoms with Crippen LogP contribution >= 0.6 is 11.6 Å². The predicted octanol–water partition coefficient (Wildman–Crippen LogP) is 5.40. The third-order valence-electron chi connectivity index (χ3n) is 12.1. The lowest BCUT2D eigenvalue weighted by Crippen LogP contribution is -2.52. The van der Waals surface area contributed by atoms with E-state index in [0.717, 1.165) is 63.2 Å². The quantitative estimate of drug-likeness (QED) is 0.108. The number of likely N-dealkylation sites (tertiary alicyclic amines) is 1. The van der Waals surface area contributed by atoms with Crippen LogP contribution in [0.3, 0.4) is 0 Å². The summed E-state index contributed by atoms with van der Waals surface area (Å²) in [5.41, 5.74) is 3.80. The smallest absolute Gasteiger partial charge is 0.255 e. The number of halogens is 1. The first-order valence-electron chi connectivity index (χ1n) is 20.9. The molecule has 4 aliphatic rings. The number of aromatic nitrogens is 3. The van der Waals surface area contributed by atoms with Gasteiger partial charge in [-0.2, -0.15) is 0 Å². The molecule has 2 aromatic heterocycles. The van der Waals surface area contributed by atoms with Crippen molar-refractivity contribution < 1.29 is 28.7 Å². The van der Waals surface area contributed by atoms with Gasteiger partial charge in [0.05, 0.1) is 16.0 Å². The molecule has 3 saturated heterocycles. The molecule has 5 aromatic rings. The van der Waals surface area contributed by atoms with E-state index in [1.54, 1.807) is 29.3 Å². The van der Waals surface area contributed by atoms with Gasteiger partial charge in [0.2, 0.25) is 17.7 Å². The van der Waals surface area contributed by atoms with Crippen LogP contribution in [0, 0.1) is 0 Å². The Morgan fingerprint density at radius 2 is 1.74 bits per heavy atom. The summed E-state index contributed by atoms with van der Waals surface area (Å²) < 4.78 is 5.90. The fraction of sp³-hybridized carbons (Fsp3) is 0.356. The Balaban J connectivity index is 0.755. The van der Waals surface area contributed by atoms with Gasteiger partial charge in [-0.15, -0.1) is 0 Å². The molecule has 0 saturated carbocycles. The number of para-hydroxylation sites is 1. The summed E-state index contributed by atoms with van der Waals surface area (Å²) >= 11 is 6.63. The van der Waals surface area contributed by atoms with E-state index in [0.29, 0.717) is 77.5 Å². The summed E-state index contributed by atoms with van der Waals surface area (Å²) in [6.07, 6.45) is 6.56. The number of rotatable bonds is 12. The Labute approximate surface area is 357 Å². The fourth-order valence-electron chi connectivity index (χ4n) is 8.88. The zero-order valence-corrected chi connectivity index (χ0v) is 34.3. The molecule has 314 valence electrons. The number of anilines is 2. The number of nitrogens with zero attached hydrogens (tertiary/aromatic N) is 6. The second kappa shape index (κ2) is 17.3. The lowest BCUT2D eigenvalue weighted by atomic mass is 10.0. The van der Waals surface area contributed by atoms with Crippen molar-refractivity contribution in [2.75, 3.05) is 56.0 Å². The molecule has 4 aliphatic heterocycles. The first kappa shape index (κ1) is 40.1. The van der Waals surface area contributed by atoms with Crippen molar-refractivity contribution in [3.63, 3.8) is 0 Å². The van der Waals surface area contributed by atoms with Crippen LogP contribution in [0.25, 0.3) is 11.0 Å². The van der Waals surface area contributed by atoms with Gasteiger partial charge in [-0.1, -0.05) is 29.8 Å². The van der Waals surface area contributed by atoms with Gasteiger partial charge >= 0.3 is 0 Å². The second-order valence-corrected chi connectivity index (χ2v) is 16.4. The van der Waals surface area contributed by atoms with Gasteiger partial charge in [-0.3, -0.25) is 34.2 Å². The van der Waals surface area contributed by atoms with E-state index < -0.39 is 11.9 Å². The number of ether oxygens (including phenoxy) is 1. The number of nitrogens with one attached hydrogen (secondary N) is 3. The van der Waals surface area contributed by atoms with E-state index in [1.807, 2.05) is 47.4 Å². The summed E-state index contributed by atoms with van der Waals surface area (Å²) in [4.78, 5) is 84.8. The van der Waals surface area contributed by atoms with Crippen molar-refractivity contribution in [2.24, 2.45) is 0 Å². The number of piperidine rings is 2. The Morgan fingerprint density at radius 1 is 0.902 bits per heavy atom. The van der Waals surface area contributed by atoms with Crippen LogP contribution in [0.1, 0.15) is 70.4 Å². The maximum absolute atomic E-state index is 13.9. The van der Waals surface area contributed by atoms with Crippen LogP contribution in [0.2, 0.25) is 5.02 Å². The third-order valence-corrected chi connectivity index (χ3v) is 12.4. The van der Waals surface area contributed by atoms with Crippen LogP contribution < -0.4 is 20.3 Å². The number of hydrogen-bond donors (Lipinski definition) is 3. The molecule has 16 heteroatoms. The number of benzene rings is 3. The van der Waals surface area contributed by atoms with Crippen molar-refractivity contribution in [3.8, 4) is 11.5 Å². The lowest BCUT2D eigenvalue weighted by Gasteiger charge is -2.36. The number of amides is 4. The van der Waals surface area contributed by atoms with E-state index in [1.165, 1.54) is 6.33 Å². The molecule has 0 radical (unpaired) electrons. The minimum absolute atomic E-state index is 0.0578. The number of fused-ring (bicyclic) bond motifs is 2. The molecule has 61 heavy (non-hydrogen) atoms. The summed E-state index contributed by atoms with van der Waals surface area (Å²) in [5.74, 6) is 0.684. The average molecular weight is 844 g/mol. The average Bonchev–Trinajstić information content (AvgIpc) is 3.85. The third kappa shape index (κ3) is 8.53. The van der Waals surface area contributed by atoms with Crippen molar-refractivity contribution in [3.05, 3.63) is 107 Å². The lowest BCUT2D eigenvalue weighted by molar-refractivity contribution is -0.137. The molecule has 3 N–H and O–H groups in total. The van der Waals surface area contributed by atoms with E-state index in [-0.39, 0.29) is 41.0 Å². The Bertz CT molecular complexity index is 2500. The topological polar surface area (TPSA) is 173 Å². The van der Waals surface area contributed by atoms with E-state index in [4.69, 9.17) is 16.3 Å². The minimum atomic E-state index is -0.629. The summed E-state index contributed by atoms with van der Waals surface area (Å²) in [6, 6.07) is 19.5. The highest BCUT2D eigenvalue weighted by Gasteiger charge is 2.39. The first-order valence-corrected chi connectivity index (χ1v) is 21.2. The number of ketones is 1. The summed E-state index contributed by atoms with van der Waals surface area (Å²) in [7, 11) is 0. The van der Waals surface area contributed by atoms with Crippen LogP contribution in [0.15, 0.2) is 79.3 Å². The monoisotopic (exact) mass is 843 g/mol. The number of carbonyl (C=O) groups is 5. The van der Waals surface area contributed by atoms with Gasteiger partial charge in [0, 0.05) is 93.8 Å². The maximum Gasteiger partial charge on any atom is 0.255 e. The second-order valence-electron chi connectivity index (χ2n) is 16.0. The zero-order chi connectivity index (χ0) is 42.0. The largest absolute Gasteiger partial charge is 0.457 e. The Hall–Kier alpha value is -6.32. The number of carbonyl (C=O) groups excluding carboxylic acids is 5. The first-order chi connectivity index (χ1) is 29.7. The molecule has 3 aromatic carbocycles. The van der Waals surface area contributed by atoms with Crippen molar-refractivity contribution in [1.29, 1.82) is 0 Å². The van der Waals surface area contributed by atoms with Crippen LogP contribution in [-0.4, -0.2) is 117 Å².